The van der Waals surface area contributed by atoms with Crippen molar-refractivity contribution in [3.8, 4) is 5.75 Å². The standard InChI is InChI=1S/C26H32N6O2/c1-5-16(2)19-8-6-7-9-21(19)29-25-20(24(27)33)14-28-26(31-25)30-22-12-18-15-32(3)11-10-17(18)13-23(22)34-4/h6-9,12-14,16H,5,10-11,15H2,1-4H3,(H2,27,33)(H2,28,29,30,31). The van der Waals surface area contributed by atoms with Crippen LogP contribution >= 0.6 is 0 Å². The van der Waals surface area contributed by atoms with Crippen molar-refractivity contribution >= 4 is 29.0 Å². The van der Waals surface area contributed by atoms with E-state index in [9.17, 15) is 4.79 Å². The van der Waals surface area contributed by atoms with Gasteiger partial charge in [-0.05, 0) is 60.7 Å². The lowest BCUT2D eigenvalue weighted by molar-refractivity contribution is 0.100. The molecule has 8 heteroatoms. The van der Waals surface area contributed by atoms with Gasteiger partial charge in [-0.2, -0.15) is 4.98 Å². The minimum absolute atomic E-state index is 0.225. The largest absolute Gasteiger partial charge is 0.495 e. The highest BCUT2D eigenvalue weighted by atomic mass is 16.5. The number of primary amides is 1. The van der Waals surface area contributed by atoms with Crippen LogP contribution in [-0.2, 0) is 13.0 Å². The summed E-state index contributed by atoms with van der Waals surface area (Å²) >= 11 is 0. The molecule has 0 fully saturated rings. The number of aromatic nitrogens is 2. The SMILES string of the molecule is CCC(C)c1ccccc1Nc1nc(Nc2cc3c(cc2OC)CCN(C)C3)ncc1C(N)=O. The third-order valence-electron chi connectivity index (χ3n) is 6.38. The van der Waals surface area contributed by atoms with E-state index in [1.54, 1.807) is 7.11 Å². The van der Waals surface area contributed by atoms with Crippen LogP contribution in [0.3, 0.4) is 0 Å². The maximum absolute atomic E-state index is 12.1. The molecule has 1 aliphatic rings. The predicted molar refractivity (Wildman–Crippen MR) is 135 cm³/mol. The molecular weight excluding hydrogens is 428 g/mol. The van der Waals surface area contributed by atoms with Crippen LogP contribution < -0.4 is 21.1 Å². The number of methoxy groups -OCH3 is 1. The van der Waals surface area contributed by atoms with E-state index in [4.69, 9.17) is 10.5 Å². The predicted octanol–water partition coefficient (Wildman–Crippen LogP) is 4.57. The molecule has 4 rings (SSSR count). The lowest BCUT2D eigenvalue weighted by Crippen LogP contribution is -2.26. The summed E-state index contributed by atoms with van der Waals surface area (Å²) in [5.41, 5.74) is 11.2. The molecule has 4 N–H and O–H groups in total. The Morgan fingerprint density at radius 1 is 1.21 bits per heavy atom. The van der Waals surface area contributed by atoms with Gasteiger partial charge in [0.25, 0.3) is 5.91 Å². The first-order chi connectivity index (χ1) is 16.4. The lowest BCUT2D eigenvalue weighted by atomic mass is 9.97. The van der Waals surface area contributed by atoms with E-state index in [1.807, 2.05) is 18.2 Å². The summed E-state index contributed by atoms with van der Waals surface area (Å²) in [7, 11) is 3.76. The number of carbonyl (C=O) groups is 1. The Morgan fingerprint density at radius 2 is 2.00 bits per heavy atom. The Bertz CT molecular complexity index is 1200. The number of hydrogen-bond donors (Lipinski definition) is 3. The quantitative estimate of drug-likeness (QED) is 0.452. The summed E-state index contributed by atoms with van der Waals surface area (Å²) < 4.78 is 5.63. The lowest BCUT2D eigenvalue weighted by Gasteiger charge is -2.26. The van der Waals surface area contributed by atoms with Crippen LogP contribution in [0.1, 0.15) is 53.2 Å². The van der Waals surface area contributed by atoms with E-state index < -0.39 is 5.91 Å². The maximum Gasteiger partial charge on any atom is 0.254 e. The number of anilines is 4. The molecule has 0 spiro atoms. The number of nitrogens with two attached hydrogens (primary N) is 1. The van der Waals surface area contributed by atoms with Crippen LogP contribution in [0.4, 0.5) is 23.1 Å². The Hall–Kier alpha value is -3.65. The average Bonchev–Trinajstić information content (AvgIpc) is 2.83. The number of likely N-dealkylation sites (N-methyl/N-ethyl adjacent to an activating group) is 1. The molecule has 2 heterocycles. The van der Waals surface area contributed by atoms with Gasteiger partial charge in [0.1, 0.15) is 17.1 Å². The number of nitrogens with one attached hydrogen (secondary N) is 2. The fourth-order valence-corrected chi connectivity index (χ4v) is 4.22. The molecular formula is C26H32N6O2. The highest BCUT2D eigenvalue weighted by Crippen LogP contribution is 2.34. The highest BCUT2D eigenvalue weighted by molar-refractivity contribution is 5.98. The van der Waals surface area contributed by atoms with E-state index in [-0.39, 0.29) is 5.56 Å². The zero-order chi connectivity index (χ0) is 24.2. The summed E-state index contributed by atoms with van der Waals surface area (Å²) in [6.07, 6.45) is 3.42. The van der Waals surface area contributed by atoms with Gasteiger partial charge in [-0.15, -0.1) is 0 Å². The molecule has 8 nitrogen and oxygen atoms in total. The number of ether oxygens (including phenoxy) is 1. The van der Waals surface area contributed by atoms with Crippen molar-refractivity contribution in [2.75, 3.05) is 31.3 Å². The van der Waals surface area contributed by atoms with Gasteiger partial charge >= 0.3 is 0 Å². The number of rotatable bonds is 8. The first-order valence-electron chi connectivity index (χ1n) is 11.6. The first-order valence-corrected chi connectivity index (χ1v) is 11.6. The molecule has 1 unspecified atom stereocenters. The third kappa shape index (κ3) is 4.97. The van der Waals surface area contributed by atoms with Crippen LogP contribution in [0.25, 0.3) is 0 Å². The zero-order valence-electron chi connectivity index (χ0n) is 20.2. The van der Waals surface area contributed by atoms with E-state index in [0.717, 1.165) is 48.6 Å². The number of fused-ring (bicyclic) bond motifs is 1. The highest BCUT2D eigenvalue weighted by Gasteiger charge is 2.19. The minimum Gasteiger partial charge on any atom is -0.495 e. The van der Waals surface area contributed by atoms with Crippen molar-refractivity contribution in [2.45, 2.75) is 39.2 Å². The Morgan fingerprint density at radius 3 is 2.74 bits per heavy atom. The Balaban J connectivity index is 1.69. The summed E-state index contributed by atoms with van der Waals surface area (Å²) in [5.74, 6) is 1.18. The summed E-state index contributed by atoms with van der Waals surface area (Å²) in [5, 5.41) is 6.59. The van der Waals surface area contributed by atoms with Gasteiger partial charge in [0.05, 0.1) is 12.8 Å². The molecule has 0 bridgehead atoms. The molecule has 0 aliphatic carbocycles. The fraction of sp³-hybridized carbons (Fsp3) is 0.346. The second-order valence-corrected chi connectivity index (χ2v) is 8.78. The molecule has 3 aromatic rings. The van der Waals surface area contributed by atoms with Crippen LogP contribution in [0, 0.1) is 0 Å². The van der Waals surface area contributed by atoms with Gasteiger partial charge in [-0.25, -0.2) is 4.98 Å². The molecule has 1 atom stereocenters. The second-order valence-electron chi connectivity index (χ2n) is 8.78. The molecule has 1 aromatic heterocycles. The normalized spacial score (nSPS) is 14.2. The first kappa shape index (κ1) is 23.5. The zero-order valence-corrected chi connectivity index (χ0v) is 20.2. The van der Waals surface area contributed by atoms with Crippen molar-refractivity contribution < 1.29 is 9.53 Å². The van der Waals surface area contributed by atoms with Crippen LogP contribution in [0.5, 0.6) is 5.75 Å². The van der Waals surface area contributed by atoms with Gasteiger partial charge < -0.3 is 26.0 Å². The Labute approximate surface area is 200 Å². The molecule has 0 saturated carbocycles. The second kappa shape index (κ2) is 10.1. The van der Waals surface area contributed by atoms with Gasteiger partial charge in [-0.3, -0.25) is 4.79 Å². The molecule has 2 aromatic carbocycles. The van der Waals surface area contributed by atoms with Crippen molar-refractivity contribution in [3.63, 3.8) is 0 Å². The topological polar surface area (TPSA) is 105 Å². The number of carbonyl (C=O) groups excluding carboxylic acids is 1. The smallest absolute Gasteiger partial charge is 0.254 e. The number of benzene rings is 2. The molecule has 0 saturated heterocycles. The monoisotopic (exact) mass is 460 g/mol. The van der Waals surface area contributed by atoms with E-state index in [0.29, 0.717) is 17.7 Å². The van der Waals surface area contributed by atoms with Gasteiger partial charge in [0.15, 0.2) is 0 Å². The van der Waals surface area contributed by atoms with E-state index in [2.05, 4.69) is 64.6 Å². The number of hydrogen-bond acceptors (Lipinski definition) is 7. The number of amides is 1. The fourth-order valence-electron chi connectivity index (χ4n) is 4.22. The van der Waals surface area contributed by atoms with Crippen molar-refractivity contribution in [1.82, 2.24) is 14.9 Å². The summed E-state index contributed by atoms with van der Waals surface area (Å²) in [4.78, 5) is 23.3. The van der Waals surface area contributed by atoms with Gasteiger partial charge in [-0.1, -0.05) is 32.0 Å². The molecule has 34 heavy (non-hydrogen) atoms. The number of para-hydroxylation sites is 1. The van der Waals surface area contributed by atoms with E-state index >= 15 is 0 Å². The van der Waals surface area contributed by atoms with Crippen LogP contribution in [-0.4, -0.2) is 41.5 Å². The van der Waals surface area contributed by atoms with E-state index in [1.165, 1.54) is 17.3 Å². The molecule has 1 amide bonds. The van der Waals surface area contributed by atoms with Crippen LogP contribution in [0.2, 0.25) is 0 Å². The van der Waals surface area contributed by atoms with Crippen LogP contribution in [0.15, 0.2) is 42.6 Å². The maximum atomic E-state index is 12.1. The number of nitrogens with zero attached hydrogens (tertiary/aromatic N) is 3. The minimum atomic E-state index is -0.593. The van der Waals surface area contributed by atoms with Crippen molar-refractivity contribution in [3.05, 3.63) is 64.8 Å². The molecule has 1 aliphatic heterocycles. The van der Waals surface area contributed by atoms with Gasteiger partial charge in [0, 0.05) is 25.0 Å². The van der Waals surface area contributed by atoms with Gasteiger partial charge in [0.2, 0.25) is 5.95 Å². The summed E-state index contributed by atoms with van der Waals surface area (Å²) in [6, 6.07) is 12.2. The molecule has 0 radical (unpaired) electrons. The Kier molecular flexibility index (Phi) is 6.98. The average molecular weight is 461 g/mol. The van der Waals surface area contributed by atoms with Crippen molar-refractivity contribution in [1.29, 1.82) is 0 Å². The molecule has 178 valence electrons. The third-order valence-corrected chi connectivity index (χ3v) is 6.38. The summed E-state index contributed by atoms with van der Waals surface area (Å²) in [6.45, 7) is 6.21. The van der Waals surface area contributed by atoms with Crippen molar-refractivity contribution in [2.24, 2.45) is 5.73 Å².